The first-order valence-electron chi connectivity index (χ1n) is 8.60. The summed E-state index contributed by atoms with van der Waals surface area (Å²) >= 11 is 1.51. The number of nitrogens with one attached hydrogen (secondary N) is 2. The molecule has 0 radical (unpaired) electrons. The molecule has 4 heterocycles. The van der Waals surface area contributed by atoms with Crippen LogP contribution in [0, 0.1) is 5.92 Å². The van der Waals surface area contributed by atoms with Gasteiger partial charge in [-0.2, -0.15) is 0 Å². The highest BCUT2D eigenvalue weighted by atomic mass is 32.1. The number of carbonyl (C=O) groups excluding carboxylic acids is 1. The van der Waals surface area contributed by atoms with Crippen LogP contribution in [0.2, 0.25) is 0 Å². The molecular weight excluding hydrogens is 350 g/mol. The fourth-order valence-corrected chi connectivity index (χ4v) is 4.59. The zero-order valence-electron chi connectivity index (χ0n) is 13.9. The van der Waals surface area contributed by atoms with Crippen LogP contribution in [0.5, 0.6) is 0 Å². The number of hydrogen-bond acceptors (Lipinski definition) is 7. The lowest BCUT2D eigenvalue weighted by Gasteiger charge is -2.17. The Hall–Kier alpha value is -2.42. The third-order valence-electron chi connectivity index (χ3n) is 4.94. The quantitative estimate of drug-likeness (QED) is 0.729. The minimum Gasteiger partial charge on any atom is -0.374 e. The average molecular weight is 367 g/mol. The van der Waals surface area contributed by atoms with Gasteiger partial charge in [0.25, 0.3) is 5.91 Å². The van der Waals surface area contributed by atoms with Crippen molar-refractivity contribution in [3.8, 4) is 10.7 Å². The number of nitrogens with zero attached hydrogens (tertiary/aromatic N) is 3. The van der Waals surface area contributed by atoms with E-state index < -0.39 is 0 Å². The molecule has 8 heteroatoms. The van der Waals surface area contributed by atoms with Gasteiger partial charge in [0.2, 0.25) is 0 Å². The molecule has 5 rings (SSSR count). The summed E-state index contributed by atoms with van der Waals surface area (Å²) in [7, 11) is 0. The Labute approximate surface area is 153 Å². The number of fused-ring (bicyclic) bond motifs is 2. The van der Waals surface area contributed by atoms with E-state index in [2.05, 4.69) is 25.6 Å². The van der Waals surface area contributed by atoms with Gasteiger partial charge in [0, 0.05) is 31.4 Å². The van der Waals surface area contributed by atoms with E-state index in [0.717, 1.165) is 23.3 Å². The Morgan fingerprint density at radius 1 is 1.23 bits per heavy atom. The van der Waals surface area contributed by atoms with Crippen LogP contribution in [-0.4, -0.2) is 52.7 Å². The Morgan fingerprint density at radius 3 is 3.04 bits per heavy atom. The zero-order chi connectivity index (χ0) is 17.5. The van der Waals surface area contributed by atoms with Gasteiger partial charge in [-0.05, 0) is 12.1 Å². The molecule has 0 unspecified atom stereocenters. The van der Waals surface area contributed by atoms with Crippen LogP contribution in [0.15, 0.2) is 36.7 Å². The van der Waals surface area contributed by atoms with Gasteiger partial charge in [-0.3, -0.25) is 4.79 Å². The maximum absolute atomic E-state index is 12.9. The predicted molar refractivity (Wildman–Crippen MR) is 98.0 cm³/mol. The summed E-state index contributed by atoms with van der Waals surface area (Å²) in [6.07, 6.45) is 3.32. The van der Waals surface area contributed by atoms with Crippen LogP contribution in [0.3, 0.4) is 0 Å². The fraction of sp³-hybridized carbons (Fsp3) is 0.333. The van der Waals surface area contributed by atoms with Crippen molar-refractivity contribution in [3.05, 3.63) is 42.4 Å². The summed E-state index contributed by atoms with van der Waals surface area (Å²) < 4.78 is 6.82. The highest BCUT2D eigenvalue weighted by Gasteiger charge is 2.41. The van der Waals surface area contributed by atoms with Crippen molar-refractivity contribution in [3.63, 3.8) is 0 Å². The van der Waals surface area contributed by atoms with Gasteiger partial charge < -0.3 is 15.4 Å². The molecule has 2 saturated heterocycles. The molecule has 2 N–H and O–H groups in total. The van der Waals surface area contributed by atoms with Crippen LogP contribution in [0.25, 0.3) is 20.9 Å². The van der Waals surface area contributed by atoms with Gasteiger partial charge in [0.15, 0.2) is 5.69 Å². The highest BCUT2D eigenvalue weighted by molar-refractivity contribution is 7.21. The molecule has 0 aliphatic carbocycles. The topological polar surface area (TPSA) is 89.0 Å². The molecule has 1 aromatic carbocycles. The Bertz CT molecular complexity index is 942. The van der Waals surface area contributed by atoms with Gasteiger partial charge in [-0.1, -0.05) is 12.1 Å². The van der Waals surface area contributed by atoms with E-state index in [1.807, 2.05) is 24.3 Å². The van der Waals surface area contributed by atoms with Gasteiger partial charge >= 0.3 is 0 Å². The molecule has 0 spiro atoms. The van der Waals surface area contributed by atoms with Crippen LogP contribution in [0.1, 0.15) is 10.5 Å². The van der Waals surface area contributed by atoms with Crippen molar-refractivity contribution in [1.82, 2.24) is 25.6 Å². The zero-order valence-corrected chi connectivity index (χ0v) is 14.7. The molecule has 2 aliphatic rings. The number of ether oxygens (including phenoxy) is 1. The monoisotopic (exact) mass is 367 g/mol. The summed E-state index contributed by atoms with van der Waals surface area (Å²) in [5, 5.41) is 7.09. The molecule has 7 nitrogen and oxygen atoms in total. The van der Waals surface area contributed by atoms with E-state index in [9.17, 15) is 4.79 Å². The van der Waals surface area contributed by atoms with Crippen LogP contribution >= 0.6 is 11.3 Å². The minimum atomic E-state index is -0.228. The molecule has 2 aromatic heterocycles. The van der Waals surface area contributed by atoms with E-state index >= 15 is 0 Å². The predicted octanol–water partition coefficient (Wildman–Crippen LogP) is 1.47. The summed E-state index contributed by atoms with van der Waals surface area (Å²) in [5.41, 5.74) is 1.72. The van der Waals surface area contributed by atoms with Gasteiger partial charge in [0.05, 0.1) is 29.0 Å². The first-order valence-corrected chi connectivity index (χ1v) is 9.41. The molecule has 3 atom stereocenters. The second-order valence-corrected chi connectivity index (χ2v) is 7.54. The second-order valence-electron chi connectivity index (χ2n) is 6.51. The molecule has 0 bridgehead atoms. The van der Waals surface area contributed by atoms with Crippen molar-refractivity contribution in [1.29, 1.82) is 0 Å². The molecule has 2 aliphatic heterocycles. The third kappa shape index (κ3) is 2.66. The van der Waals surface area contributed by atoms with E-state index in [1.165, 1.54) is 17.5 Å². The lowest BCUT2D eigenvalue weighted by molar-refractivity contribution is 0.0909. The number of hydrogen-bond donors (Lipinski definition) is 2. The molecule has 1 amide bonds. The molecule has 3 aromatic rings. The number of aromatic nitrogens is 3. The van der Waals surface area contributed by atoms with Gasteiger partial charge in [-0.15, -0.1) is 11.3 Å². The maximum atomic E-state index is 12.9. The van der Waals surface area contributed by atoms with Crippen molar-refractivity contribution in [2.24, 2.45) is 5.92 Å². The number of para-hydroxylation sites is 1. The van der Waals surface area contributed by atoms with Crippen molar-refractivity contribution >= 4 is 27.5 Å². The molecule has 2 fully saturated rings. The minimum absolute atomic E-state index is 0.00674. The van der Waals surface area contributed by atoms with Crippen molar-refractivity contribution in [2.45, 2.75) is 12.1 Å². The van der Waals surface area contributed by atoms with E-state index in [1.54, 1.807) is 6.20 Å². The molecular formula is C18H17N5O2S. The van der Waals surface area contributed by atoms with Gasteiger partial charge in [-0.25, -0.2) is 15.0 Å². The van der Waals surface area contributed by atoms with Gasteiger partial charge in [0.1, 0.15) is 10.7 Å². The van der Waals surface area contributed by atoms with Crippen molar-refractivity contribution in [2.75, 3.05) is 19.7 Å². The number of carbonyl (C=O) groups is 1. The van der Waals surface area contributed by atoms with Crippen LogP contribution in [-0.2, 0) is 4.74 Å². The lowest BCUT2D eigenvalue weighted by atomic mass is 10.00. The fourth-order valence-electron chi connectivity index (χ4n) is 3.63. The molecule has 0 saturated carbocycles. The summed E-state index contributed by atoms with van der Waals surface area (Å²) in [6, 6.07) is 7.88. The van der Waals surface area contributed by atoms with E-state index in [0.29, 0.717) is 28.9 Å². The average Bonchev–Trinajstić information content (AvgIpc) is 3.38. The standard InChI is InChI=1S/C18H17N5O2S/c24-17(22-12-9-25-13-8-19-7-10(12)13)15-16(21-6-5-20-15)18-23-11-3-1-2-4-14(11)26-18/h1-6,10,12-13,19H,7-9H2,(H,22,24)/t10-,12-,13-/m1/s1. The first kappa shape index (κ1) is 15.8. The van der Waals surface area contributed by atoms with E-state index in [-0.39, 0.29) is 18.1 Å². The normalized spacial score (nSPS) is 24.7. The summed E-state index contributed by atoms with van der Waals surface area (Å²) in [6.45, 7) is 2.25. The highest BCUT2D eigenvalue weighted by Crippen LogP contribution is 2.30. The lowest BCUT2D eigenvalue weighted by Crippen LogP contribution is -2.42. The Kier molecular flexibility index (Phi) is 3.88. The summed E-state index contributed by atoms with van der Waals surface area (Å²) in [4.78, 5) is 26.2. The maximum Gasteiger partial charge on any atom is 0.272 e. The smallest absolute Gasteiger partial charge is 0.272 e. The first-order chi connectivity index (χ1) is 12.8. The second kappa shape index (κ2) is 6.39. The molecule has 132 valence electrons. The number of benzene rings is 1. The van der Waals surface area contributed by atoms with Crippen LogP contribution < -0.4 is 10.6 Å². The Balaban J connectivity index is 1.45. The third-order valence-corrected chi connectivity index (χ3v) is 5.98. The molecule has 26 heavy (non-hydrogen) atoms. The SMILES string of the molecule is O=C(N[C@@H]1CO[C@@H]2CNC[C@H]12)c1nccnc1-c1nc2ccccc2s1. The van der Waals surface area contributed by atoms with E-state index in [4.69, 9.17) is 4.74 Å². The number of rotatable bonds is 3. The largest absolute Gasteiger partial charge is 0.374 e. The summed E-state index contributed by atoms with van der Waals surface area (Å²) in [5.74, 6) is 0.0787. The van der Waals surface area contributed by atoms with Crippen LogP contribution in [0.4, 0.5) is 0 Å². The Morgan fingerprint density at radius 2 is 2.12 bits per heavy atom. The number of amides is 1. The number of thiazole rings is 1. The van der Waals surface area contributed by atoms with Crippen molar-refractivity contribution < 1.29 is 9.53 Å².